The van der Waals surface area contributed by atoms with Gasteiger partial charge in [-0.25, -0.2) is 23.4 Å². The van der Waals surface area contributed by atoms with Crippen LogP contribution in [-0.2, 0) is 12.7 Å². The molecule has 2 aromatic heterocycles. The number of nitrogens with one attached hydrogen (secondary N) is 1. The number of aryl methyl sites for hydroxylation is 1. The van der Waals surface area contributed by atoms with Gasteiger partial charge in [-0.2, -0.15) is 18.3 Å². The van der Waals surface area contributed by atoms with Crippen molar-refractivity contribution in [1.29, 1.82) is 0 Å². The molecule has 1 amide bonds. The van der Waals surface area contributed by atoms with Gasteiger partial charge < -0.3 is 19.5 Å². The molecule has 232 valence electrons. The Kier molecular flexibility index (Phi) is 8.26. The molecule has 15 heteroatoms. The van der Waals surface area contributed by atoms with Crippen molar-refractivity contribution in [3.63, 3.8) is 0 Å². The van der Waals surface area contributed by atoms with Crippen molar-refractivity contribution in [2.75, 3.05) is 19.5 Å². The van der Waals surface area contributed by atoms with E-state index in [4.69, 9.17) is 14.2 Å². The van der Waals surface area contributed by atoms with Gasteiger partial charge in [0.05, 0.1) is 36.7 Å². The van der Waals surface area contributed by atoms with Crippen LogP contribution in [0.25, 0.3) is 16.6 Å². The van der Waals surface area contributed by atoms with Gasteiger partial charge in [0, 0.05) is 24.1 Å². The number of nitrogens with zero attached hydrogens (tertiary/aromatic N) is 4. The lowest BCUT2D eigenvalue weighted by Crippen LogP contribution is -2.44. The van der Waals surface area contributed by atoms with Crippen LogP contribution in [0, 0.1) is 5.82 Å². The lowest BCUT2D eigenvalue weighted by molar-refractivity contribution is -0.137. The van der Waals surface area contributed by atoms with Crippen LogP contribution < -0.4 is 30.8 Å². The number of methoxy groups -OCH3 is 2. The van der Waals surface area contributed by atoms with Gasteiger partial charge in [0.1, 0.15) is 11.6 Å². The summed E-state index contributed by atoms with van der Waals surface area (Å²) in [6, 6.07) is 13.4. The highest BCUT2D eigenvalue weighted by molar-refractivity contribution is 6.03. The molecule has 0 aliphatic rings. The van der Waals surface area contributed by atoms with Crippen molar-refractivity contribution in [3.8, 4) is 28.8 Å². The molecular weight excluding hydrogens is 602 g/mol. The maximum Gasteiger partial charge on any atom is 0.418 e. The van der Waals surface area contributed by atoms with Crippen LogP contribution in [0.3, 0.4) is 0 Å². The minimum Gasteiger partial charge on any atom is -0.493 e. The lowest BCUT2D eigenvalue weighted by Gasteiger charge is -2.16. The first kappa shape index (κ1) is 30.7. The zero-order chi connectivity index (χ0) is 32.5. The highest BCUT2D eigenvalue weighted by Crippen LogP contribution is 2.38. The number of amides is 1. The number of carbonyl (C=O) groups is 1. The van der Waals surface area contributed by atoms with E-state index >= 15 is 0 Å². The second-order valence-electron chi connectivity index (χ2n) is 9.37. The van der Waals surface area contributed by atoms with Crippen molar-refractivity contribution in [1.82, 2.24) is 19.3 Å². The van der Waals surface area contributed by atoms with E-state index in [0.717, 1.165) is 35.0 Å². The molecule has 5 rings (SSSR count). The summed E-state index contributed by atoms with van der Waals surface area (Å²) in [4.78, 5) is 43.4. The zero-order valence-corrected chi connectivity index (χ0v) is 23.8. The van der Waals surface area contributed by atoms with Crippen molar-refractivity contribution in [3.05, 3.63) is 105 Å². The molecule has 0 atom stereocenters. The predicted octanol–water partition coefficient (Wildman–Crippen LogP) is 5.18. The van der Waals surface area contributed by atoms with Gasteiger partial charge in [-0.1, -0.05) is 0 Å². The third-order valence-corrected chi connectivity index (χ3v) is 6.57. The molecule has 0 saturated carbocycles. The number of rotatable bonds is 8. The maximum absolute atomic E-state index is 14.1. The van der Waals surface area contributed by atoms with Gasteiger partial charge in [0.15, 0.2) is 11.5 Å². The molecule has 0 radical (unpaired) electrons. The largest absolute Gasteiger partial charge is 0.493 e. The number of hydrogen-bond donors (Lipinski definition) is 1. The SMILES string of the molecule is CCn1nc(C(=O)Nc2ccc(Oc3ccc4cc(OC)c(OC)cc4n3)cc2C(F)(F)F)c(=O)n(-c2ccc(F)cc2)c1=O. The number of hydrogen-bond acceptors (Lipinski definition) is 8. The highest BCUT2D eigenvalue weighted by atomic mass is 19.4. The van der Waals surface area contributed by atoms with E-state index < -0.39 is 46.1 Å². The van der Waals surface area contributed by atoms with Crippen molar-refractivity contribution in [2.45, 2.75) is 19.6 Å². The van der Waals surface area contributed by atoms with Crippen LogP contribution in [0.2, 0.25) is 0 Å². The number of aromatic nitrogens is 4. The Bertz CT molecular complexity index is 2040. The maximum atomic E-state index is 14.1. The summed E-state index contributed by atoms with van der Waals surface area (Å²) in [6.07, 6.45) is -4.97. The molecule has 0 unspecified atom stereocenters. The quantitative estimate of drug-likeness (QED) is 0.234. The molecule has 0 saturated heterocycles. The molecule has 5 aromatic rings. The van der Waals surface area contributed by atoms with Crippen molar-refractivity contribution in [2.24, 2.45) is 0 Å². The number of alkyl halides is 3. The van der Waals surface area contributed by atoms with E-state index in [1.807, 2.05) is 0 Å². The summed E-state index contributed by atoms with van der Waals surface area (Å²) >= 11 is 0. The second kappa shape index (κ2) is 12.1. The Morgan fingerprint density at radius 3 is 2.27 bits per heavy atom. The molecule has 1 N–H and O–H groups in total. The average molecular weight is 626 g/mol. The van der Waals surface area contributed by atoms with E-state index in [-0.39, 0.29) is 23.9 Å². The fourth-order valence-electron chi connectivity index (χ4n) is 4.40. The predicted molar refractivity (Wildman–Crippen MR) is 154 cm³/mol. The number of benzene rings is 3. The number of carbonyl (C=O) groups excluding carboxylic acids is 1. The minimum atomic E-state index is -4.97. The van der Waals surface area contributed by atoms with E-state index in [0.29, 0.717) is 33.0 Å². The summed E-state index contributed by atoms with van der Waals surface area (Å²) in [5.74, 6) is -1.36. The zero-order valence-electron chi connectivity index (χ0n) is 23.8. The van der Waals surface area contributed by atoms with Crippen LogP contribution in [0.4, 0.5) is 23.2 Å². The Morgan fingerprint density at radius 1 is 0.933 bits per heavy atom. The molecule has 0 bridgehead atoms. The molecule has 3 aromatic carbocycles. The Labute approximate surface area is 251 Å². The van der Waals surface area contributed by atoms with Crippen LogP contribution in [0.1, 0.15) is 23.0 Å². The molecule has 45 heavy (non-hydrogen) atoms. The van der Waals surface area contributed by atoms with Gasteiger partial charge in [-0.3, -0.25) is 9.59 Å². The molecule has 2 heterocycles. The van der Waals surface area contributed by atoms with Crippen molar-refractivity contribution >= 4 is 22.5 Å². The fraction of sp³-hybridized carbons (Fsp3) is 0.167. The second-order valence-corrected chi connectivity index (χ2v) is 9.37. The Hall–Kier alpha value is -5.73. The van der Waals surface area contributed by atoms with Gasteiger partial charge in [0.25, 0.3) is 11.5 Å². The van der Waals surface area contributed by atoms with Crippen LogP contribution >= 0.6 is 0 Å². The average Bonchev–Trinajstić information content (AvgIpc) is 3.01. The molecular formula is C30H23F4N5O6. The summed E-state index contributed by atoms with van der Waals surface area (Å²) in [5, 5.41) is 6.48. The Balaban J connectivity index is 1.48. The lowest BCUT2D eigenvalue weighted by atomic mass is 10.1. The van der Waals surface area contributed by atoms with Crippen LogP contribution in [-0.4, -0.2) is 39.5 Å². The third-order valence-electron chi connectivity index (χ3n) is 6.57. The molecule has 0 spiro atoms. The van der Waals surface area contributed by atoms with Gasteiger partial charge in [-0.15, -0.1) is 0 Å². The first-order chi connectivity index (χ1) is 21.4. The van der Waals surface area contributed by atoms with Crippen molar-refractivity contribution < 1.29 is 36.6 Å². The molecule has 0 aliphatic carbocycles. The molecule has 0 fully saturated rings. The van der Waals surface area contributed by atoms with Crippen LogP contribution in [0.15, 0.2) is 76.3 Å². The smallest absolute Gasteiger partial charge is 0.418 e. The fourth-order valence-corrected chi connectivity index (χ4v) is 4.40. The number of ether oxygens (including phenoxy) is 3. The summed E-state index contributed by atoms with van der Waals surface area (Å²) in [5.41, 5.74) is -4.63. The van der Waals surface area contributed by atoms with Gasteiger partial charge >= 0.3 is 11.9 Å². The normalized spacial score (nSPS) is 11.4. The van der Waals surface area contributed by atoms with E-state index in [9.17, 15) is 31.9 Å². The number of pyridine rings is 1. The summed E-state index contributed by atoms with van der Waals surface area (Å²) in [6.45, 7) is 1.43. The molecule has 11 nitrogen and oxygen atoms in total. The monoisotopic (exact) mass is 625 g/mol. The minimum absolute atomic E-state index is 0.0213. The molecule has 0 aliphatic heterocycles. The number of fused-ring (bicyclic) bond motifs is 1. The third kappa shape index (κ3) is 6.18. The van der Waals surface area contributed by atoms with Gasteiger partial charge in [-0.05, 0) is 61.5 Å². The Morgan fingerprint density at radius 2 is 1.62 bits per heavy atom. The van der Waals surface area contributed by atoms with Crippen LogP contribution in [0.5, 0.6) is 23.1 Å². The number of anilines is 1. The topological polar surface area (TPSA) is 127 Å². The standard InChI is InChI=1S/C30H23F4N5O6/c1-4-38-29(42)39(18-8-6-17(31)7-9-18)28(41)26(37-38)27(40)36-21-11-10-19(14-20(21)30(32,33)34)45-25-12-5-16-13-23(43-2)24(44-3)15-22(16)35-25/h5-15H,4H2,1-3H3,(H,36,40). The van der Waals surface area contributed by atoms with E-state index in [1.54, 1.807) is 18.2 Å². The summed E-state index contributed by atoms with van der Waals surface area (Å²) in [7, 11) is 2.92. The van der Waals surface area contributed by atoms with Gasteiger partial charge in [0.2, 0.25) is 11.6 Å². The van der Waals surface area contributed by atoms with E-state index in [1.165, 1.54) is 33.3 Å². The van der Waals surface area contributed by atoms with E-state index in [2.05, 4.69) is 15.4 Å². The highest BCUT2D eigenvalue weighted by Gasteiger charge is 2.35. The first-order valence-electron chi connectivity index (χ1n) is 13.2. The first-order valence-corrected chi connectivity index (χ1v) is 13.2. The number of halogens is 4. The summed E-state index contributed by atoms with van der Waals surface area (Å²) < 4.78 is 73.4.